The van der Waals surface area contributed by atoms with Gasteiger partial charge in [-0.15, -0.1) is 5.10 Å². The van der Waals surface area contributed by atoms with E-state index in [4.69, 9.17) is 0 Å². The molecule has 1 N–H and O–H groups in total. The number of aromatic nitrogens is 3. The molecule has 0 fully saturated rings. The van der Waals surface area contributed by atoms with Crippen molar-refractivity contribution in [1.29, 1.82) is 0 Å². The third-order valence-corrected chi connectivity index (χ3v) is 3.04. The minimum atomic E-state index is -1.32. The molecule has 1 atom stereocenters. The minimum absolute atomic E-state index is 0.284. The SMILES string of the molecule is CCC(C)(C(=O)O)n1nc2ccccn2c1=O. The van der Waals surface area contributed by atoms with Gasteiger partial charge in [-0.3, -0.25) is 4.40 Å². The maximum absolute atomic E-state index is 12.0. The molecule has 0 aliphatic rings. The smallest absolute Gasteiger partial charge is 0.351 e. The standard InChI is InChI=1S/C11H13N3O3/c1-3-11(2,9(15)16)14-10(17)13-7-5-4-6-8(13)12-14/h4-7H,3H2,1-2H3,(H,15,16). The fourth-order valence-electron chi connectivity index (χ4n) is 1.64. The Morgan fingerprint density at radius 1 is 1.53 bits per heavy atom. The van der Waals surface area contributed by atoms with Crippen molar-refractivity contribution in [1.82, 2.24) is 14.2 Å². The third-order valence-electron chi connectivity index (χ3n) is 3.04. The molecule has 0 saturated heterocycles. The Morgan fingerprint density at radius 2 is 2.24 bits per heavy atom. The lowest BCUT2D eigenvalue weighted by Crippen LogP contribution is -2.45. The van der Waals surface area contributed by atoms with Gasteiger partial charge in [0.25, 0.3) is 0 Å². The van der Waals surface area contributed by atoms with Gasteiger partial charge in [-0.25, -0.2) is 9.59 Å². The first-order valence-corrected chi connectivity index (χ1v) is 5.31. The summed E-state index contributed by atoms with van der Waals surface area (Å²) in [6.07, 6.45) is 1.85. The molecule has 2 heterocycles. The normalized spacial score (nSPS) is 14.7. The number of pyridine rings is 1. The van der Waals surface area contributed by atoms with Crippen LogP contribution in [0.4, 0.5) is 0 Å². The molecular weight excluding hydrogens is 222 g/mol. The zero-order valence-corrected chi connectivity index (χ0v) is 9.62. The van der Waals surface area contributed by atoms with Gasteiger partial charge in [-0.05, 0) is 25.5 Å². The molecule has 0 amide bonds. The first-order valence-electron chi connectivity index (χ1n) is 5.31. The molecule has 17 heavy (non-hydrogen) atoms. The average Bonchev–Trinajstić information content (AvgIpc) is 2.67. The van der Waals surface area contributed by atoms with E-state index < -0.39 is 17.2 Å². The Hall–Kier alpha value is -2.11. The van der Waals surface area contributed by atoms with Crippen LogP contribution in [0.2, 0.25) is 0 Å². The molecule has 0 aliphatic carbocycles. The maximum atomic E-state index is 12.0. The van der Waals surface area contributed by atoms with Crippen LogP contribution in [0.1, 0.15) is 20.3 Å². The first kappa shape index (κ1) is 11.4. The first-order chi connectivity index (χ1) is 8.00. The Kier molecular flexibility index (Phi) is 2.49. The van der Waals surface area contributed by atoms with E-state index in [1.165, 1.54) is 11.3 Å². The summed E-state index contributed by atoms with van der Waals surface area (Å²) in [5, 5.41) is 13.3. The molecule has 0 saturated carbocycles. The molecule has 90 valence electrons. The number of carbonyl (C=O) groups is 1. The highest BCUT2D eigenvalue weighted by Crippen LogP contribution is 2.18. The van der Waals surface area contributed by atoms with Gasteiger partial charge < -0.3 is 5.11 Å². The average molecular weight is 235 g/mol. The second kappa shape index (κ2) is 3.73. The molecule has 1 unspecified atom stereocenters. The lowest BCUT2D eigenvalue weighted by molar-refractivity contribution is -0.147. The second-order valence-electron chi connectivity index (χ2n) is 4.06. The van der Waals surface area contributed by atoms with Gasteiger partial charge in [0.1, 0.15) is 0 Å². The fraction of sp³-hybridized carbons (Fsp3) is 0.364. The van der Waals surface area contributed by atoms with E-state index in [1.54, 1.807) is 31.3 Å². The van der Waals surface area contributed by atoms with E-state index in [2.05, 4.69) is 5.10 Å². The number of hydrogen-bond donors (Lipinski definition) is 1. The molecule has 6 nitrogen and oxygen atoms in total. The molecule has 0 aromatic carbocycles. The van der Waals surface area contributed by atoms with Crippen LogP contribution >= 0.6 is 0 Å². The van der Waals surface area contributed by atoms with Crippen molar-refractivity contribution in [2.45, 2.75) is 25.8 Å². The fourth-order valence-corrected chi connectivity index (χ4v) is 1.64. The molecule has 0 spiro atoms. The van der Waals surface area contributed by atoms with Crippen LogP contribution in [-0.2, 0) is 10.3 Å². The van der Waals surface area contributed by atoms with E-state index in [9.17, 15) is 14.7 Å². The number of nitrogens with zero attached hydrogens (tertiary/aromatic N) is 3. The quantitative estimate of drug-likeness (QED) is 0.849. The molecule has 2 aromatic heterocycles. The molecule has 0 radical (unpaired) electrons. The van der Waals surface area contributed by atoms with Crippen molar-refractivity contribution in [3.8, 4) is 0 Å². The van der Waals surface area contributed by atoms with Crippen LogP contribution in [-0.4, -0.2) is 25.3 Å². The van der Waals surface area contributed by atoms with E-state index in [-0.39, 0.29) is 6.42 Å². The van der Waals surface area contributed by atoms with Crippen LogP contribution in [0, 0.1) is 0 Å². The van der Waals surface area contributed by atoms with Gasteiger partial charge in [0.05, 0.1) is 0 Å². The topological polar surface area (TPSA) is 76.6 Å². The molecule has 0 bridgehead atoms. The summed E-state index contributed by atoms with van der Waals surface area (Å²) in [6, 6.07) is 5.11. The Labute approximate surface area is 97.1 Å². The summed E-state index contributed by atoms with van der Waals surface area (Å²) in [7, 11) is 0. The van der Waals surface area contributed by atoms with Gasteiger partial charge in [0.2, 0.25) is 0 Å². The van der Waals surface area contributed by atoms with Crippen LogP contribution in [0.5, 0.6) is 0 Å². The molecule has 2 aromatic rings. The highest BCUT2D eigenvalue weighted by atomic mass is 16.4. The van der Waals surface area contributed by atoms with Crippen molar-refractivity contribution in [2.24, 2.45) is 0 Å². The predicted molar refractivity (Wildman–Crippen MR) is 61.0 cm³/mol. The number of carboxylic acid groups (broad SMARTS) is 1. The summed E-state index contributed by atoms with van der Waals surface area (Å²) >= 11 is 0. The summed E-state index contributed by atoms with van der Waals surface area (Å²) in [6.45, 7) is 3.20. The Morgan fingerprint density at radius 3 is 2.76 bits per heavy atom. The predicted octanol–water partition coefficient (Wildman–Crippen LogP) is 0.706. The van der Waals surface area contributed by atoms with Crippen molar-refractivity contribution < 1.29 is 9.90 Å². The largest absolute Gasteiger partial charge is 0.479 e. The van der Waals surface area contributed by atoms with E-state index in [1.807, 2.05) is 0 Å². The highest BCUT2D eigenvalue weighted by Gasteiger charge is 2.36. The van der Waals surface area contributed by atoms with Gasteiger partial charge in [-0.2, -0.15) is 4.68 Å². The summed E-state index contributed by atoms with van der Waals surface area (Å²) in [5.74, 6) is -1.06. The van der Waals surface area contributed by atoms with E-state index in [0.29, 0.717) is 5.65 Å². The number of rotatable bonds is 3. The minimum Gasteiger partial charge on any atom is -0.479 e. The highest BCUT2D eigenvalue weighted by molar-refractivity contribution is 5.76. The molecular formula is C11H13N3O3. The number of hydrogen-bond acceptors (Lipinski definition) is 3. The number of fused-ring (bicyclic) bond motifs is 1. The second-order valence-corrected chi connectivity index (χ2v) is 4.06. The zero-order valence-electron chi connectivity index (χ0n) is 9.62. The number of aliphatic carboxylic acids is 1. The Bertz CT molecular complexity index is 628. The molecule has 0 aliphatic heterocycles. The summed E-state index contributed by atoms with van der Waals surface area (Å²) in [5.41, 5.74) is -1.31. The lowest BCUT2D eigenvalue weighted by atomic mass is 10.00. The maximum Gasteiger partial charge on any atom is 0.351 e. The van der Waals surface area contributed by atoms with Crippen molar-refractivity contribution in [3.05, 3.63) is 34.9 Å². The summed E-state index contributed by atoms with van der Waals surface area (Å²) in [4.78, 5) is 23.3. The van der Waals surface area contributed by atoms with Crippen LogP contribution < -0.4 is 5.69 Å². The van der Waals surface area contributed by atoms with Crippen molar-refractivity contribution >= 4 is 11.6 Å². The van der Waals surface area contributed by atoms with Crippen LogP contribution in [0.25, 0.3) is 5.65 Å². The monoisotopic (exact) mass is 235 g/mol. The molecule has 2 rings (SSSR count). The van der Waals surface area contributed by atoms with E-state index in [0.717, 1.165) is 4.68 Å². The molecule has 6 heteroatoms. The van der Waals surface area contributed by atoms with E-state index >= 15 is 0 Å². The number of carboxylic acids is 1. The van der Waals surface area contributed by atoms with Gasteiger partial charge >= 0.3 is 11.7 Å². The third kappa shape index (κ3) is 1.52. The zero-order chi connectivity index (χ0) is 12.6. The van der Waals surface area contributed by atoms with Crippen LogP contribution in [0.15, 0.2) is 29.2 Å². The Balaban J connectivity index is 2.76. The van der Waals surface area contributed by atoms with Crippen molar-refractivity contribution in [2.75, 3.05) is 0 Å². The van der Waals surface area contributed by atoms with Crippen LogP contribution in [0.3, 0.4) is 0 Å². The van der Waals surface area contributed by atoms with Gasteiger partial charge in [-0.1, -0.05) is 13.0 Å². The van der Waals surface area contributed by atoms with Gasteiger partial charge in [0, 0.05) is 6.20 Å². The van der Waals surface area contributed by atoms with Crippen molar-refractivity contribution in [3.63, 3.8) is 0 Å². The lowest BCUT2D eigenvalue weighted by Gasteiger charge is -2.21. The van der Waals surface area contributed by atoms with Gasteiger partial charge in [0.15, 0.2) is 11.2 Å². The summed E-state index contributed by atoms with van der Waals surface area (Å²) < 4.78 is 2.36.